The molecular weight excluding hydrogens is 484 g/mol. The Kier molecular flexibility index (Phi) is 7.03. The molecule has 3 aliphatic rings. The van der Waals surface area contributed by atoms with E-state index in [0.717, 1.165) is 31.4 Å². The lowest BCUT2D eigenvalue weighted by atomic mass is 9.90. The van der Waals surface area contributed by atoms with Crippen LogP contribution in [0.4, 0.5) is 24.7 Å². The fourth-order valence-corrected chi connectivity index (χ4v) is 5.05. The van der Waals surface area contributed by atoms with Gasteiger partial charge in [-0.05, 0) is 49.9 Å². The van der Waals surface area contributed by atoms with Gasteiger partial charge in [0, 0.05) is 32.8 Å². The molecule has 11 heteroatoms. The topological polar surface area (TPSA) is 49.4 Å². The Morgan fingerprint density at radius 2 is 1.97 bits per heavy atom. The summed E-state index contributed by atoms with van der Waals surface area (Å²) in [6.45, 7) is 4.80. The van der Waals surface area contributed by atoms with E-state index in [2.05, 4.69) is 15.0 Å². The molecule has 0 saturated carbocycles. The van der Waals surface area contributed by atoms with Gasteiger partial charge in [0.1, 0.15) is 22.1 Å². The fourth-order valence-electron chi connectivity index (χ4n) is 3.75. The second-order valence-corrected chi connectivity index (χ2v) is 9.99. The first-order valence-electron chi connectivity index (χ1n) is 10.2. The summed E-state index contributed by atoms with van der Waals surface area (Å²) in [5.41, 5.74) is -0.451. The molecule has 4 heterocycles. The van der Waals surface area contributed by atoms with E-state index < -0.39 is 17.4 Å². The number of benzene rings is 1. The van der Waals surface area contributed by atoms with Crippen molar-refractivity contribution in [1.29, 1.82) is 0 Å². The van der Waals surface area contributed by atoms with Crippen molar-refractivity contribution in [2.24, 2.45) is 0 Å². The first-order chi connectivity index (χ1) is 15.2. The summed E-state index contributed by atoms with van der Waals surface area (Å²) in [6.07, 6.45) is 2.06. The van der Waals surface area contributed by atoms with Crippen LogP contribution in [0.5, 0.6) is 0 Å². The van der Waals surface area contributed by atoms with Crippen LogP contribution in [0.25, 0.3) is 0 Å². The van der Waals surface area contributed by atoms with E-state index in [0.29, 0.717) is 31.9 Å². The van der Waals surface area contributed by atoms with E-state index in [-0.39, 0.29) is 26.4 Å². The Balaban J connectivity index is 0.000000354. The number of aromatic nitrogens is 1. The number of rotatable bonds is 4. The molecule has 0 amide bonds. The van der Waals surface area contributed by atoms with Crippen LogP contribution in [-0.4, -0.2) is 49.0 Å². The molecular formula is C21H23Cl2F3N4OS. The van der Waals surface area contributed by atoms with Crippen LogP contribution in [-0.2, 0) is 4.74 Å². The van der Waals surface area contributed by atoms with Crippen molar-refractivity contribution < 1.29 is 17.9 Å². The first kappa shape index (κ1) is 23.8. The zero-order valence-corrected chi connectivity index (χ0v) is 19.7. The third kappa shape index (κ3) is 5.22. The highest BCUT2D eigenvalue weighted by atomic mass is 35.5. The minimum Gasteiger partial charge on any atom is -0.371 e. The van der Waals surface area contributed by atoms with Crippen LogP contribution in [0.15, 0.2) is 29.2 Å². The maximum Gasteiger partial charge on any atom is 0.214 e. The van der Waals surface area contributed by atoms with Crippen LogP contribution in [0.2, 0.25) is 10.0 Å². The summed E-state index contributed by atoms with van der Waals surface area (Å²) in [5.74, 6) is -0.985. The van der Waals surface area contributed by atoms with E-state index in [1.165, 1.54) is 12.1 Å². The molecule has 5 nitrogen and oxygen atoms in total. The molecule has 5 rings (SSSR count). The van der Waals surface area contributed by atoms with Crippen LogP contribution >= 0.6 is 35.1 Å². The van der Waals surface area contributed by atoms with E-state index >= 15 is 0 Å². The van der Waals surface area contributed by atoms with Crippen molar-refractivity contribution in [2.75, 3.05) is 42.4 Å². The second-order valence-electron chi connectivity index (χ2n) is 8.39. The molecule has 0 atom stereocenters. The third-order valence-corrected chi connectivity index (χ3v) is 7.23. The number of hydrogen-bond donors (Lipinski definition) is 2. The highest BCUT2D eigenvalue weighted by molar-refractivity contribution is 8.00. The Morgan fingerprint density at radius 3 is 2.53 bits per heavy atom. The van der Waals surface area contributed by atoms with E-state index in [1.807, 2.05) is 4.90 Å². The summed E-state index contributed by atoms with van der Waals surface area (Å²) < 4.78 is 48.6. The van der Waals surface area contributed by atoms with Gasteiger partial charge in [-0.2, -0.15) is 4.39 Å². The molecule has 0 aliphatic carbocycles. The zero-order chi connectivity index (χ0) is 22.9. The molecule has 0 unspecified atom stereocenters. The lowest BCUT2D eigenvalue weighted by Gasteiger charge is -2.48. The largest absolute Gasteiger partial charge is 0.371 e. The molecule has 174 valence electrons. The number of hydrogen-bond acceptors (Lipinski definition) is 6. The Morgan fingerprint density at radius 1 is 1.25 bits per heavy atom. The van der Waals surface area contributed by atoms with Crippen molar-refractivity contribution in [3.8, 4) is 0 Å². The predicted molar refractivity (Wildman–Crippen MR) is 123 cm³/mol. The standard InChI is InChI=1S/C17H15Cl2F2N3OS.C4H8FN/c18-10-7-11(24-8-17(9-24)5-2-6-25-17)14(19)15(21)16(10)26-23-13-4-1-3-12(20)22-13;1-4(5)2-6-3-4/h1,3-4,7H,2,5-6,8-9H2,(H,22,23);6H,2-3H2,1H3. The molecule has 2 aromatic rings. The van der Waals surface area contributed by atoms with Gasteiger partial charge in [0.2, 0.25) is 5.95 Å². The van der Waals surface area contributed by atoms with Gasteiger partial charge in [0.15, 0.2) is 5.82 Å². The molecule has 1 aromatic heterocycles. The maximum atomic E-state index is 14.8. The van der Waals surface area contributed by atoms with Crippen molar-refractivity contribution in [3.05, 3.63) is 46.1 Å². The average molecular weight is 507 g/mol. The lowest BCUT2D eigenvalue weighted by molar-refractivity contribution is -0.0180. The van der Waals surface area contributed by atoms with E-state index in [1.54, 1.807) is 19.1 Å². The van der Waals surface area contributed by atoms with Crippen molar-refractivity contribution >= 4 is 46.7 Å². The minimum absolute atomic E-state index is 0.0127. The van der Waals surface area contributed by atoms with Crippen LogP contribution in [0.1, 0.15) is 19.8 Å². The lowest BCUT2D eigenvalue weighted by Crippen LogP contribution is -2.61. The fraction of sp³-hybridized carbons (Fsp3) is 0.476. The normalized spacial score (nSPS) is 20.2. The highest BCUT2D eigenvalue weighted by Crippen LogP contribution is 2.45. The number of anilines is 2. The van der Waals surface area contributed by atoms with Crippen molar-refractivity contribution in [1.82, 2.24) is 10.3 Å². The molecule has 1 spiro atoms. The SMILES string of the molecule is CC1(F)CNC1.Fc1cccc(NSc2c(Cl)cc(N3CC4(CCCO4)C3)c(Cl)c2F)n1. The van der Waals surface area contributed by atoms with Gasteiger partial charge >= 0.3 is 0 Å². The molecule has 0 bridgehead atoms. The summed E-state index contributed by atoms with van der Waals surface area (Å²) in [7, 11) is 0. The summed E-state index contributed by atoms with van der Waals surface area (Å²) in [4.78, 5) is 5.77. The number of alkyl halides is 1. The Bertz CT molecular complexity index is 978. The summed E-state index contributed by atoms with van der Waals surface area (Å²) in [5, 5.41) is 3.07. The number of nitrogens with zero attached hydrogens (tertiary/aromatic N) is 2. The molecule has 0 radical (unpaired) electrons. The predicted octanol–water partition coefficient (Wildman–Crippen LogP) is 5.47. The number of pyridine rings is 1. The van der Waals surface area contributed by atoms with Gasteiger partial charge < -0.3 is 19.7 Å². The summed E-state index contributed by atoms with van der Waals surface area (Å²) >= 11 is 13.4. The van der Waals surface area contributed by atoms with Gasteiger partial charge in [-0.15, -0.1) is 0 Å². The number of ether oxygens (including phenoxy) is 1. The Hall–Kier alpha value is -1.39. The molecule has 3 saturated heterocycles. The van der Waals surface area contributed by atoms with Gasteiger partial charge in [0.25, 0.3) is 0 Å². The minimum atomic E-state index is -0.889. The summed E-state index contributed by atoms with van der Waals surface area (Å²) in [6, 6.07) is 5.95. The van der Waals surface area contributed by atoms with E-state index in [4.69, 9.17) is 27.9 Å². The molecule has 3 fully saturated rings. The zero-order valence-electron chi connectivity index (χ0n) is 17.4. The van der Waals surface area contributed by atoms with Gasteiger partial charge in [-0.3, -0.25) is 0 Å². The second kappa shape index (κ2) is 9.46. The molecule has 2 N–H and O–H groups in total. The smallest absolute Gasteiger partial charge is 0.214 e. The molecule has 3 aliphatic heterocycles. The highest BCUT2D eigenvalue weighted by Gasteiger charge is 2.47. The number of nitrogens with one attached hydrogen (secondary N) is 2. The molecule has 32 heavy (non-hydrogen) atoms. The van der Waals surface area contributed by atoms with Crippen LogP contribution in [0.3, 0.4) is 0 Å². The van der Waals surface area contributed by atoms with Crippen molar-refractivity contribution in [2.45, 2.75) is 35.9 Å². The Labute approximate surface area is 199 Å². The van der Waals surface area contributed by atoms with E-state index in [9.17, 15) is 13.2 Å². The third-order valence-electron chi connectivity index (χ3n) is 5.54. The quantitative estimate of drug-likeness (QED) is 0.325. The van der Waals surface area contributed by atoms with Gasteiger partial charge in [-0.25, -0.2) is 13.8 Å². The number of halogens is 5. The van der Waals surface area contributed by atoms with Gasteiger partial charge in [0.05, 0.1) is 15.6 Å². The molecule has 1 aromatic carbocycles. The van der Waals surface area contributed by atoms with Crippen LogP contribution in [0, 0.1) is 11.8 Å². The monoisotopic (exact) mass is 506 g/mol. The van der Waals surface area contributed by atoms with Crippen LogP contribution < -0.4 is 14.9 Å². The first-order valence-corrected chi connectivity index (χ1v) is 11.8. The average Bonchev–Trinajstić information content (AvgIpc) is 3.19. The van der Waals surface area contributed by atoms with Gasteiger partial charge in [-0.1, -0.05) is 29.3 Å². The maximum absolute atomic E-state index is 14.8. The van der Waals surface area contributed by atoms with Crippen molar-refractivity contribution in [3.63, 3.8) is 0 Å².